The monoisotopic (exact) mass is 299 g/mol. The maximum Gasteiger partial charge on any atom is 0.248 e. The highest BCUT2D eigenvalue weighted by Gasteiger charge is 2.12. The molecule has 8 heteroatoms. The molecule has 1 amide bonds. The van der Waals surface area contributed by atoms with Crippen LogP contribution in [0.1, 0.15) is 0 Å². The number of anilines is 1. The Balaban J connectivity index is 2.15. The summed E-state index contributed by atoms with van der Waals surface area (Å²) in [5, 5.41) is 16.0. The van der Waals surface area contributed by atoms with Crippen LogP contribution in [-0.4, -0.2) is 38.3 Å². The van der Waals surface area contributed by atoms with Crippen LogP contribution in [0.4, 0.5) is 5.95 Å². The van der Waals surface area contributed by atoms with Crippen LogP contribution in [0.15, 0.2) is 22.8 Å². The van der Waals surface area contributed by atoms with Crippen LogP contribution in [0.25, 0.3) is 5.65 Å². The van der Waals surface area contributed by atoms with Crippen LogP contribution < -0.4 is 11.1 Å². The van der Waals surface area contributed by atoms with Gasteiger partial charge < -0.3 is 16.2 Å². The first-order chi connectivity index (χ1) is 8.08. The van der Waals surface area contributed by atoms with E-state index in [0.29, 0.717) is 11.6 Å². The van der Waals surface area contributed by atoms with Crippen molar-refractivity contribution in [3.8, 4) is 0 Å². The number of aromatic nitrogens is 3. The van der Waals surface area contributed by atoms with Crippen molar-refractivity contribution in [3.05, 3.63) is 22.8 Å². The average molecular weight is 300 g/mol. The van der Waals surface area contributed by atoms with E-state index in [0.717, 1.165) is 4.47 Å². The molecule has 0 aliphatic carbocycles. The summed E-state index contributed by atoms with van der Waals surface area (Å²) in [6.45, 7) is -0.0240. The van der Waals surface area contributed by atoms with Gasteiger partial charge in [0.2, 0.25) is 11.9 Å². The second-order valence-electron chi connectivity index (χ2n) is 3.36. The Bertz CT molecular complexity index is 555. The number of hydrogen-bond acceptors (Lipinski definition) is 5. The minimum Gasteiger partial charge on any atom is -0.381 e. The van der Waals surface area contributed by atoms with Gasteiger partial charge in [-0.1, -0.05) is 0 Å². The zero-order chi connectivity index (χ0) is 12.4. The largest absolute Gasteiger partial charge is 0.381 e. The fraction of sp³-hybridized carbons (Fsp3) is 0.222. The molecule has 2 aromatic rings. The van der Waals surface area contributed by atoms with E-state index in [1.165, 1.54) is 0 Å². The molecule has 1 unspecified atom stereocenters. The van der Waals surface area contributed by atoms with Crippen molar-refractivity contribution in [2.24, 2.45) is 5.73 Å². The van der Waals surface area contributed by atoms with Crippen LogP contribution in [0.3, 0.4) is 0 Å². The molecule has 2 rings (SSSR count). The molecule has 2 heterocycles. The summed E-state index contributed by atoms with van der Waals surface area (Å²) in [5.41, 5.74) is 5.56. The molecule has 7 nitrogen and oxygen atoms in total. The molecule has 0 bridgehead atoms. The minimum absolute atomic E-state index is 0.0240. The molecule has 0 fully saturated rings. The van der Waals surface area contributed by atoms with Gasteiger partial charge in [0.15, 0.2) is 5.65 Å². The maximum absolute atomic E-state index is 10.6. The lowest BCUT2D eigenvalue weighted by Gasteiger charge is -2.05. The molecule has 17 heavy (non-hydrogen) atoms. The van der Waals surface area contributed by atoms with Crippen LogP contribution in [0.5, 0.6) is 0 Å². The van der Waals surface area contributed by atoms with E-state index >= 15 is 0 Å². The number of nitrogens with zero attached hydrogens (tertiary/aromatic N) is 3. The van der Waals surface area contributed by atoms with Gasteiger partial charge in [0.1, 0.15) is 6.10 Å². The number of carbonyl (C=O) groups is 1. The standard InChI is InChI=1S/C9H10BrN5O2/c10-5-2-1-3-15-8(5)13-9(14-15)12-4-6(16)7(11)17/h1-3,6,16H,4H2,(H2,11,17)(H,12,14). The van der Waals surface area contributed by atoms with Crippen molar-refractivity contribution >= 4 is 33.4 Å². The molecule has 4 N–H and O–H groups in total. The molecule has 90 valence electrons. The number of carbonyl (C=O) groups excluding carboxylic acids is 1. The topological polar surface area (TPSA) is 106 Å². The Kier molecular flexibility index (Phi) is 3.25. The Labute approximate surface area is 105 Å². The summed E-state index contributed by atoms with van der Waals surface area (Å²) in [5.74, 6) is -0.473. The van der Waals surface area contributed by atoms with Gasteiger partial charge in [-0.3, -0.25) is 4.79 Å². The van der Waals surface area contributed by atoms with Gasteiger partial charge in [-0.2, -0.15) is 4.98 Å². The SMILES string of the molecule is NC(=O)C(O)CNc1nc2c(Br)cccn2n1. The van der Waals surface area contributed by atoms with Gasteiger partial charge in [-0.15, -0.1) is 5.10 Å². The molecular formula is C9H10BrN5O2. The lowest BCUT2D eigenvalue weighted by Crippen LogP contribution is -2.34. The van der Waals surface area contributed by atoms with E-state index in [-0.39, 0.29) is 6.54 Å². The fourth-order valence-electron chi connectivity index (χ4n) is 1.24. The number of rotatable bonds is 4. The van der Waals surface area contributed by atoms with Crippen LogP contribution in [0, 0.1) is 0 Å². The van der Waals surface area contributed by atoms with Gasteiger partial charge in [0.05, 0.1) is 11.0 Å². The Morgan fingerprint density at radius 1 is 1.71 bits per heavy atom. The summed E-state index contributed by atoms with van der Waals surface area (Å²) in [7, 11) is 0. The van der Waals surface area contributed by atoms with Crippen molar-refractivity contribution in [1.29, 1.82) is 0 Å². The number of pyridine rings is 1. The zero-order valence-electron chi connectivity index (χ0n) is 8.67. The van der Waals surface area contributed by atoms with Crippen LogP contribution in [-0.2, 0) is 4.79 Å². The lowest BCUT2D eigenvalue weighted by molar-refractivity contribution is -0.125. The van der Waals surface area contributed by atoms with Gasteiger partial charge in [0.25, 0.3) is 0 Å². The molecule has 2 aromatic heterocycles. The molecule has 0 spiro atoms. The summed E-state index contributed by atoms with van der Waals surface area (Å²) in [6, 6.07) is 3.65. The average Bonchev–Trinajstić information content (AvgIpc) is 2.70. The highest BCUT2D eigenvalue weighted by molar-refractivity contribution is 9.10. The van der Waals surface area contributed by atoms with Gasteiger partial charge in [-0.25, -0.2) is 4.52 Å². The zero-order valence-corrected chi connectivity index (χ0v) is 10.3. The number of primary amides is 1. The third-order valence-electron chi connectivity index (χ3n) is 2.10. The van der Waals surface area contributed by atoms with E-state index in [1.807, 2.05) is 12.1 Å². The van der Waals surface area contributed by atoms with Gasteiger partial charge in [-0.05, 0) is 28.1 Å². The minimum atomic E-state index is -1.26. The van der Waals surface area contributed by atoms with Crippen molar-refractivity contribution < 1.29 is 9.90 Å². The van der Waals surface area contributed by atoms with E-state index < -0.39 is 12.0 Å². The second-order valence-corrected chi connectivity index (χ2v) is 4.21. The third-order valence-corrected chi connectivity index (χ3v) is 2.72. The molecule has 0 saturated carbocycles. The number of halogens is 1. The Morgan fingerprint density at radius 3 is 3.12 bits per heavy atom. The molecule has 0 saturated heterocycles. The van der Waals surface area contributed by atoms with Crippen molar-refractivity contribution in [2.75, 3.05) is 11.9 Å². The maximum atomic E-state index is 10.6. The number of fused-ring (bicyclic) bond motifs is 1. The third kappa shape index (κ3) is 2.53. The first kappa shape index (κ1) is 11.8. The van der Waals surface area contributed by atoms with Gasteiger partial charge in [0, 0.05) is 6.20 Å². The van der Waals surface area contributed by atoms with E-state index in [1.54, 1.807) is 10.7 Å². The number of nitrogens with two attached hydrogens (primary N) is 1. The molecule has 1 atom stereocenters. The normalized spacial score (nSPS) is 12.6. The molecular weight excluding hydrogens is 290 g/mol. The Morgan fingerprint density at radius 2 is 2.47 bits per heavy atom. The van der Waals surface area contributed by atoms with Crippen LogP contribution in [0.2, 0.25) is 0 Å². The van der Waals surface area contributed by atoms with E-state index in [2.05, 4.69) is 31.3 Å². The first-order valence-electron chi connectivity index (χ1n) is 4.80. The number of hydrogen-bond donors (Lipinski definition) is 3. The number of amides is 1. The van der Waals surface area contributed by atoms with Gasteiger partial charge >= 0.3 is 0 Å². The van der Waals surface area contributed by atoms with Crippen molar-refractivity contribution in [1.82, 2.24) is 14.6 Å². The summed E-state index contributed by atoms with van der Waals surface area (Å²) in [6.07, 6.45) is 0.480. The first-order valence-corrected chi connectivity index (χ1v) is 5.59. The highest BCUT2D eigenvalue weighted by Crippen LogP contribution is 2.16. The number of nitrogens with one attached hydrogen (secondary N) is 1. The van der Waals surface area contributed by atoms with E-state index in [9.17, 15) is 9.90 Å². The lowest BCUT2D eigenvalue weighted by atomic mass is 10.3. The summed E-state index contributed by atoms with van der Waals surface area (Å²) in [4.78, 5) is 14.8. The molecule has 0 aliphatic rings. The molecule has 0 radical (unpaired) electrons. The predicted molar refractivity (Wildman–Crippen MR) is 64.4 cm³/mol. The van der Waals surface area contributed by atoms with E-state index in [4.69, 9.17) is 5.73 Å². The van der Waals surface area contributed by atoms with Crippen molar-refractivity contribution in [3.63, 3.8) is 0 Å². The second kappa shape index (κ2) is 4.68. The highest BCUT2D eigenvalue weighted by atomic mass is 79.9. The number of aliphatic hydroxyl groups is 1. The predicted octanol–water partition coefficient (Wildman–Crippen LogP) is -0.250. The smallest absolute Gasteiger partial charge is 0.248 e. The molecule has 0 aliphatic heterocycles. The van der Waals surface area contributed by atoms with Crippen LogP contribution >= 0.6 is 15.9 Å². The number of aliphatic hydroxyl groups excluding tert-OH is 1. The fourth-order valence-corrected chi connectivity index (χ4v) is 1.66. The summed E-state index contributed by atoms with van der Waals surface area (Å²) < 4.78 is 2.37. The summed E-state index contributed by atoms with van der Waals surface area (Å²) >= 11 is 3.34. The quantitative estimate of drug-likeness (QED) is 0.722. The molecule has 0 aromatic carbocycles. The Hall–Kier alpha value is -1.67. The van der Waals surface area contributed by atoms with Crippen molar-refractivity contribution in [2.45, 2.75) is 6.10 Å².